The molecule has 2 saturated heterocycles. The molecule has 2 aliphatic rings. The van der Waals surface area contributed by atoms with E-state index < -0.39 is 18.1 Å². The predicted molar refractivity (Wildman–Crippen MR) is 113 cm³/mol. The van der Waals surface area contributed by atoms with Gasteiger partial charge in [0.15, 0.2) is 11.6 Å². The summed E-state index contributed by atoms with van der Waals surface area (Å²) < 4.78 is 5.16. The number of carbonyl (C=O) groups is 3. The number of nitrogens with one attached hydrogen (secondary N) is 1. The van der Waals surface area contributed by atoms with Gasteiger partial charge in [0.25, 0.3) is 0 Å². The fourth-order valence-corrected chi connectivity index (χ4v) is 4.47. The number of hydrogen-bond acceptors (Lipinski definition) is 7. The Hall–Kier alpha value is -3.10. The predicted octanol–water partition coefficient (Wildman–Crippen LogP) is 0.282. The summed E-state index contributed by atoms with van der Waals surface area (Å²) in [6, 6.07) is 8.53. The van der Waals surface area contributed by atoms with E-state index in [1.807, 2.05) is 30.3 Å². The largest absolute Gasteiger partial charge is 0.497 e. The van der Waals surface area contributed by atoms with E-state index in [0.29, 0.717) is 12.8 Å². The Labute approximate surface area is 180 Å². The number of ketones is 2. The van der Waals surface area contributed by atoms with Gasteiger partial charge in [-0.05, 0) is 42.2 Å². The zero-order chi connectivity index (χ0) is 22.0. The number of ether oxygens (including phenoxy) is 1. The Kier molecular flexibility index (Phi) is 6.11. The van der Waals surface area contributed by atoms with Gasteiger partial charge in [-0.3, -0.25) is 19.4 Å². The minimum Gasteiger partial charge on any atom is -0.497 e. The van der Waals surface area contributed by atoms with Crippen molar-refractivity contribution in [3.05, 3.63) is 59.9 Å². The topological polar surface area (TPSA) is 115 Å². The van der Waals surface area contributed by atoms with Crippen molar-refractivity contribution < 1.29 is 19.1 Å². The van der Waals surface area contributed by atoms with E-state index in [1.165, 1.54) is 4.90 Å². The number of hydrogen-bond donors (Lipinski definition) is 2. The van der Waals surface area contributed by atoms with Crippen LogP contribution in [0, 0.1) is 0 Å². The van der Waals surface area contributed by atoms with Gasteiger partial charge in [-0.2, -0.15) is 0 Å². The zero-order valence-corrected chi connectivity index (χ0v) is 17.4. The van der Waals surface area contributed by atoms with Crippen LogP contribution in [0.2, 0.25) is 0 Å². The van der Waals surface area contributed by atoms with Crippen molar-refractivity contribution in [2.45, 2.75) is 43.4 Å². The minimum absolute atomic E-state index is 0.0772. The summed E-state index contributed by atoms with van der Waals surface area (Å²) in [4.78, 5) is 44.5. The van der Waals surface area contributed by atoms with Gasteiger partial charge >= 0.3 is 0 Å². The standard InChI is InChI=1S/C23H26N4O4/c1-31-16-6-4-14(5-7-16)9-17(24)23(30)27-19(11-18-22(27)21(29)13-26-18)20(28)10-15-3-2-8-25-12-15/h2-8,12,17-19,22,26H,9-11,13,24H2,1H3. The lowest BCUT2D eigenvalue weighted by Gasteiger charge is -2.30. The smallest absolute Gasteiger partial charge is 0.241 e. The number of likely N-dealkylation sites (tertiary alicyclic amines) is 1. The maximum absolute atomic E-state index is 13.4. The average Bonchev–Trinajstić information content (AvgIpc) is 3.34. The molecule has 2 fully saturated rings. The third-order valence-electron chi connectivity index (χ3n) is 6.02. The van der Waals surface area contributed by atoms with Crippen molar-refractivity contribution in [2.75, 3.05) is 13.7 Å². The van der Waals surface area contributed by atoms with Crippen LogP contribution in [-0.4, -0.2) is 65.2 Å². The normalized spacial score (nSPS) is 23.5. The first-order valence-corrected chi connectivity index (χ1v) is 10.4. The third kappa shape index (κ3) is 4.35. The summed E-state index contributed by atoms with van der Waals surface area (Å²) in [7, 11) is 1.59. The minimum atomic E-state index is -0.853. The number of benzene rings is 1. The number of pyridine rings is 1. The quantitative estimate of drug-likeness (QED) is 0.659. The summed E-state index contributed by atoms with van der Waals surface area (Å²) in [5.74, 6) is 0.160. The number of methoxy groups -OCH3 is 1. The molecule has 0 saturated carbocycles. The van der Waals surface area contributed by atoms with E-state index in [9.17, 15) is 14.4 Å². The molecule has 1 aromatic carbocycles. The molecule has 3 heterocycles. The molecule has 8 nitrogen and oxygen atoms in total. The van der Waals surface area contributed by atoms with Crippen LogP contribution in [0.3, 0.4) is 0 Å². The van der Waals surface area contributed by atoms with Crippen molar-refractivity contribution in [3.8, 4) is 5.75 Å². The van der Waals surface area contributed by atoms with E-state index >= 15 is 0 Å². The van der Waals surface area contributed by atoms with Gasteiger partial charge in [0.1, 0.15) is 11.8 Å². The van der Waals surface area contributed by atoms with Crippen molar-refractivity contribution in [1.82, 2.24) is 15.2 Å². The van der Waals surface area contributed by atoms with E-state index in [-0.39, 0.29) is 36.5 Å². The highest BCUT2D eigenvalue weighted by molar-refractivity contribution is 5.99. The highest BCUT2D eigenvalue weighted by Crippen LogP contribution is 2.31. The van der Waals surface area contributed by atoms with Crippen molar-refractivity contribution in [2.24, 2.45) is 5.73 Å². The number of Topliss-reactive ketones (excluding diaryl/α,β-unsaturated/α-hetero) is 2. The van der Waals surface area contributed by atoms with Crippen molar-refractivity contribution >= 4 is 17.5 Å². The fraction of sp³-hybridized carbons (Fsp3) is 0.391. The zero-order valence-electron chi connectivity index (χ0n) is 17.4. The molecule has 0 bridgehead atoms. The highest BCUT2D eigenvalue weighted by atomic mass is 16.5. The van der Waals surface area contributed by atoms with Crippen molar-refractivity contribution in [1.29, 1.82) is 0 Å². The van der Waals surface area contributed by atoms with Crippen LogP contribution in [0.1, 0.15) is 17.5 Å². The van der Waals surface area contributed by atoms with Gasteiger partial charge in [0, 0.05) is 24.9 Å². The Morgan fingerprint density at radius 3 is 2.71 bits per heavy atom. The first kappa shape index (κ1) is 21.1. The summed E-state index contributed by atoms with van der Waals surface area (Å²) in [6.07, 6.45) is 4.16. The Bertz CT molecular complexity index is 963. The van der Waals surface area contributed by atoms with Crippen LogP contribution < -0.4 is 15.8 Å². The second kappa shape index (κ2) is 8.95. The van der Waals surface area contributed by atoms with Crippen LogP contribution in [0.4, 0.5) is 0 Å². The van der Waals surface area contributed by atoms with Crippen LogP contribution in [0.25, 0.3) is 0 Å². The van der Waals surface area contributed by atoms with Crippen LogP contribution in [0.15, 0.2) is 48.8 Å². The highest BCUT2D eigenvalue weighted by Gasteiger charge is 2.53. The second-order valence-corrected chi connectivity index (χ2v) is 8.06. The summed E-state index contributed by atoms with van der Waals surface area (Å²) >= 11 is 0. The molecule has 1 amide bonds. The molecule has 2 aliphatic heterocycles. The van der Waals surface area contributed by atoms with Gasteiger partial charge in [-0.1, -0.05) is 18.2 Å². The number of nitrogens with zero attached hydrogens (tertiary/aromatic N) is 2. The number of carbonyl (C=O) groups excluding carboxylic acids is 3. The van der Waals surface area contributed by atoms with Gasteiger partial charge in [0.05, 0.1) is 25.7 Å². The Morgan fingerprint density at radius 2 is 2.03 bits per heavy atom. The first-order chi connectivity index (χ1) is 15.0. The SMILES string of the molecule is COc1ccc(CC(N)C(=O)N2C(C(=O)Cc3cccnc3)CC3NCC(=O)C32)cc1. The number of amides is 1. The molecule has 2 aromatic rings. The number of nitrogens with two attached hydrogens (primary N) is 1. The Balaban J connectivity index is 1.53. The molecular weight excluding hydrogens is 396 g/mol. The molecule has 31 heavy (non-hydrogen) atoms. The summed E-state index contributed by atoms with van der Waals surface area (Å²) in [5.41, 5.74) is 7.92. The van der Waals surface area contributed by atoms with Gasteiger partial charge in [-0.25, -0.2) is 0 Å². The van der Waals surface area contributed by atoms with Crippen molar-refractivity contribution in [3.63, 3.8) is 0 Å². The Morgan fingerprint density at radius 1 is 1.26 bits per heavy atom. The summed E-state index contributed by atoms with van der Waals surface area (Å²) in [6.45, 7) is 0.205. The van der Waals surface area contributed by atoms with E-state index in [1.54, 1.807) is 25.6 Å². The maximum Gasteiger partial charge on any atom is 0.241 e. The lowest BCUT2D eigenvalue weighted by atomic mass is 10.0. The molecule has 162 valence electrons. The number of fused-ring (bicyclic) bond motifs is 1. The van der Waals surface area contributed by atoms with Gasteiger partial charge < -0.3 is 20.7 Å². The van der Waals surface area contributed by atoms with Crippen LogP contribution in [0.5, 0.6) is 5.75 Å². The monoisotopic (exact) mass is 422 g/mol. The van der Waals surface area contributed by atoms with E-state index in [2.05, 4.69) is 10.3 Å². The molecule has 0 radical (unpaired) electrons. The lowest BCUT2D eigenvalue weighted by Crippen LogP contribution is -2.54. The fourth-order valence-electron chi connectivity index (χ4n) is 4.47. The molecule has 8 heteroatoms. The molecule has 0 aliphatic carbocycles. The second-order valence-electron chi connectivity index (χ2n) is 8.06. The van der Waals surface area contributed by atoms with E-state index in [0.717, 1.165) is 16.9 Å². The third-order valence-corrected chi connectivity index (χ3v) is 6.02. The molecule has 3 N–H and O–H groups in total. The summed E-state index contributed by atoms with van der Waals surface area (Å²) in [5, 5.41) is 3.14. The molecule has 1 aromatic heterocycles. The van der Waals surface area contributed by atoms with E-state index in [4.69, 9.17) is 10.5 Å². The van der Waals surface area contributed by atoms with Gasteiger partial charge in [-0.15, -0.1) is 0 Å². The number of aromatic nitrogens is 1. The lowest BCUT2D eigenvalue weighted by molar-refractivity contribution is -0.143. The first-order valence-electron chi connectivity index (χ1n) is 10.4. The molecule has 0 spiro atoms. The molecular formula is C23H26N4O4. The van der Waals surface area contributed by atoms with Crippen LogP contribution >= 0.6 is 0 Å². The molecule has 4 atom stereocenters. The van der Waals surface area contributed by atoms with Crippen LogP contribution in [-0.2, 0) is 27.2 Å². The molecule has 4 rings (SSSR count). The average molecular weight is 422 g/mol. The maximum atomic E-state index is 13.4. The number of rotatable bonds is 7. The van der Waals surface area contributed by atoms with Gasteiger partial charge in [0.2, 0.25) is 5.91 Å². The molecule has 4 unspecified atom stereocenters.